The summed E-state index contributed by atoms with van der Waals surface area (Å²) in [4.78, 5) is 16.5. The number of aliphatic hydroxyl groups excluding tert-OH is 2. The predicted molar refractivity (Wildman–Crippen MR) is 153 cm³/mol. The van der Waals surface area contributed by atoms with E-state index in [-0.39, 0.29) is 52.6 Å². The van der Waals surface area contributed by atoms with Crippen molar-refractivity contribution in [3.63, 3.8) is 0 Å². The first-order chi connectivity index (χ1) is 19.2. The number of nitrogens with one attached hydrogen (secondary N) is 1. The zero-order chi connectivity index (χ0) is 29.7. The quantitative estimate of drug-likeness (QED) is 0.407. The van der Waals surface area contributed by atoms with Gasteiger partial charge in [-0.1, -0.05) is 20.8 Å². The molecular weight excluding hydrogens is 544 g/mol. The van der Waals surface area contributed by atoms with Crippen LogP contribution in [-0.2, 0) is 14.8 Å². The summed E-state index contributed by atoms with van der Waals surface area (Å²) in [5.41, 5.74) is 0.214. The van der Waals surface area contributed by atoms with Crippen LogP contribution in [0.4, 0.5) is 4.79 Å². The summed E-state index contributed by atoms with van der Waals surface area (Å²) in [6.07, 6.45) is 7.35. The number of carbonyl (C=O) groups excluding carboxylic acids is 1. The molecule has 5 rings (SSSR count). The lowest BCUT2D eigenvalue weighted by molar-refractivity contribution is -0.174. The van der Waals surface area contributed by atoms with Crippen LogP contribution in [0, 0.1) is 46.3 Å². The Morgan fingerprint density at radius 2 is 1.76 bits per heavy atom. The Labute approximate surface area is 244 Å². The van der Waals surface area contributed by atoms with E-state index in [0.29, 0.717) is 29.4 Å². The predicted octanol–water partition coefficient (Wildman–Crippen LogP) is 4.91. The van der Waals surface area contributed by atoms with E-state index in [1.807, 2.05) is 18.6 Å². The Morgan fingerprint density at radius 1 is 1.05 bits per heavy atom. The second-order valence-electron chi connectivity index (χ2n) is 14.1. The highest BCUT2D eigenvalue weighted by molar-refractivity contribution is 7.90. The van der Waals surface area contributed by atoms with Crippen molar-refractivity contribution in [2.24, 2.45) is 46.3 Å². The molecule has 1 aromatic heterocycles. The normalized spacial score (nSPS) is 39.3. The molecule has 9 nitrogen and oxygen atoms in total. The standard InChI is InChI=1S/C31H48N2O7S/c1-18(2)40-22-6-9-27(32-16-22)41(37,38)33-29(36)39-17-19(3)23-7-8-24-28-25(11-13-31(23,24)5)30(4)12-10-21(34)14-20(30)15-26(28)35/h6,9,16,18-21,23-26,28,34-35H,7-8,10-15,17H2,1-5H3,(H,33,36)/t19-,20+,21-,23-,24+,25+,26-,28+,30+,31-/m1/s1. The second-order valence-corrected chi connectivity index (χ2v) is 15.8. The number of ether oxygens (including phenoxy) is 2. The van der Waals surface area contributed by atoms with Gasteiger partial charge < -0.3 is 19.7 Å². The summed E-state index contributed by atoms with van der Waals surface area (Å²) in [6, 6.07) is 2.80. The molecular formula is C31H48N2O7S. The van der Waals surface area contributed by atoms with Crippen LogP contribution in [0.5, 0.6) is 5.75 Å². The maximum Gasteiger partial charge on any atom is 0.421 e. The number of fused-ring (bicyclic) bond motifs is 5. The molecule has 0 saturated heterocycles. The minimum Gasteiger partial charge on any atom is -0.489 e. The lowest BCUT2D eigenvalue weighted by atomic mass is 9.43. The minimum absolute atomic E-state index is 0.0363. The highest BCUT2D eigenvalue weighted by atomic mass is 32.2. The fourth-order valence-corrected chi connectivity index (χ4v) is 10.4. The molecule has 4 aliphatic carbocycles. The van der Waals surface area contributed by atoms with Crippen LogP contribution in [0.2, 0.25) is 0 Å². The summed E-state index contributed by atoms with van der Waals surface area (Å²) >= 11 is 0. The fraction of sp³-hybridized carbons (Fsp3) is 0.806. The van der Waals surface area contributed by atoms with Gasteiger partial charge >= 0.3 is 6.09 Å². The van der Waals surface area contributed by atoms with Crippen molar-refractivity contribution in [3.8, 4) is 5.75 Å². The van der Waals surface area contributed by atoms with Crippen molar-refractivity contribution in [1.82, 2.24) is 9.71 Å². The Hall–Kier alpha value is -1.91. The number of rotatable bonds is 7. The van der Waals surface area contributed by atoms with Gasteiger partial charge in [0.05, 0.1) is 31.1 Å². The number of hydrogen-bond donors (Lipinski definition) is 3. The number of aliphatic hydroxyl groups is 2. The van der Waals surface area contributed by atoms with Gasteiger partial charge in [0.25, 0.3) is 10.0 Å². The maximum atomic E-state index is 12.7. The molecule has 0 bridgehead atoms. The molecule has 10 heteroatoms. The Kier molecular flexibility index (Phi) is 8.42. The van der Waals surface area contributed by atoms with Crippen molar-refractivity contribution >= 4 is 16.1 Å². The molecule has 0 radical (unpaired) electrons. The van der Waals surface area contributed by atoms with Crippen molar-refractivity contribution < 1.29 is 32.9 Å². The monoisotopic (exact) mass is 592 g/mol. The highest BCUT2D eigenvalue weighted by Gasteiger charge is 2.62. The number of aromatic nitrogens is 1. The van der Waals surface area contributed by atoms with E-state index in [4.69, 9.17) is 9.47 Å². The molecule has 1 heterocycles. The summed E-state index contributed by atoms with van der Waals surface area (Å²) in [5.74, 6) is 2.35. The van der Waals surface area contributed by atoms with Crippen LogP contribution in [0.3, 0.4) is 0 Å². The Bertz CT molecular complexity index is 1210. The molecule has 0 aromatic carbocycles. The van der Waals surface area contributed by atoms with Crippen LogP contribution in [0.15, 0.2) is 23.4 Å². The zero-order valence-electron chi connectivity index (χ0n) is 25.1. The van der Waals surface area contributed by atoms with E-state index < -0.39 is 16.1 Å². The lowest BCUT2D eigenvalue weighted by Gasteiger charge is -2.62. The average Bonchev–Trinajstić information content (AvgIpc) is 3.25. The van der Waals surface area contributed by atoms with Gasteiger partial charge in [0.2, 0.25) is 0 Å². The first kappa shape index (κ1) is 30.5. The third-order valence-electron chi connectivity index (χ3n) is 11.5. The average molecular weight is 593 g/mol. The van der Waals surface area contributed by atoms with E-state index >= 15 is 0 Å². The first-order valence-corrected chi connectivity index (χ1v) is 16.9. The van der Waals surface area contributed by atoms with Crippen LogP contribution in [0.1, 0.15) is 86.0 Å². The third kappa shape index (κ3) is 5.73. The number of nitrogens with zero attached hydrogens (tertiary/aromatic N) is 1. The summed E-state index contributed by atoms with van der Waals surface area (Å²) in [6.45, 7) is 10.7. The zero-order valence-corrected chi connectivity index (χ0v) is 25.9. The van der Waals surface area contributed by atoms with E-state index in [0.717, 1.165) is 51.4 Å². The molecule has 4 aliphatic rings. The molecule has 0 aliphatic heterocycles. The van der Waals surface area contributed by atoms with Crippen LogP contribution >= 0.6 is 0 Å². The topological polar surface area (TPSA) is 135 Å². The van der Waals surface area contributed by atoms with Crippen molar-refractivity contribution in [2.75, 3.05) is 6.61 Å². The molecule has 10 atom stereocenters. The molecule has 0 unspecified atom stereocenters. The number of amides is 1. The highest BCUT2D eigenvalue weighted by Crippen LogP contribution is 2.68. The van der Waals surface area contributed by atoms with Crippen LogP contribution in [0.25, 0.3) is 0 Å². The van der Waals surface area contributed by atoms with E-state index in [1.54, 1.807) is 0 Å². The van der Waals surface area contributed by atoms with Gasteiger partial charge in [0, 0.05) is 0 Å². The third-order valence-corrected chi connectivity index (χ3v) is 12.7. The van der Waals surface area contributed by atoms with Gasteiger partial charge in [0.15, 0.2) is 5.03 Å². The number of sulfonamides is 1. The van der Waals surface area contributed by atoms with Gasteiger partial charge in [0.1, 0.15) is 5.75 Å². The Morgan fingerprint density at radius 3 is 2.44 bits per heavy atom. The minimum atomic E-state index is -4.18. The molecule has 230 valence electrons. The van der Waals surface area contributed by atoms with Crippen molar-refractivity contribution in [3.05, 3.63) is 18.3 Å². The van der Waals surface area contributed by atoms with E-state index in [9.17, 15) is 23.4 Å². The molecule has 3 N–H and O–H groups in total. The smallest absolute Gasteiger partial charge is 0.421 e. The van der Waals surface area contributed by atoms with Gasteiger partial charge in [-0.3, -0.25) is 0 Å². The lowest BCUT2D eigenvalue weighted by Crippen LogP contribution is -2.58. The molecule has 1 aromatic rings. The van der Waals surface area contributed by atoms with E-state index in [2.05, 4.69) is 25.8 Å². The molecule has 1 amide bonds. The number of carbonyl (C=O) groups is 1. The largest absolute Gasteiger partial charge is 0.489 e. The SMILES string of the molecule is CC(C)Oc1ccc(S(=O)(=O)NC(=O)OC[C@@H](C)[C@H]2CC[C@H]3[C@@H]4[C@H](O)C[C@@H]5C[C@H](O)CC[C@]5(C)[C@H]4CC[C@]23C)nc1. The summed E-state index contributed by atoms with van der Waals surface area (Å²) in [7, 11) is -4.18. The van der Waals surface area contributed by atoms with E-state index in [1.165, 1.54) is 18.3 Å². The van der Waals surface area contributed by atoms with Gasteiger partial charge in [-0.15, -0.1) is 0 Å². The number of hydrogen-bond acceptors (Lipinski definition) is 8. The first-order valence-electron chi connectivity index (χ1n) is 15.4. The molecule has 4 saturated carbocycles. The van der Waals surface area contributed by atoms with Crippen LogP contribution in [-0.4, -0.2) is 54.6 Å². The number of pyridine rings is 1. The van der Waals surface area contributed by atoms with Gasteiger partial charge in [-0.05, 0) is 124 Å². The molecule has 41 heavy (non-hydrogen) atoms. The molecule has 0 spiro atoms. The summed E-state index contributed by atoms with van der Waals surface area (Å²) < 4.78 is 38.3. The van der Waals surface area contributed by atoms with Gasteiger partial charge in [-0.2, -0.15) is 8.42 Å². The Balaban J connectivity index is 1.20. The van der Waals surface area contributed by atoms with Gasteiger partial charge in [-0.25, -0.2) is 14.5 Å². The van der Waals surface area contributed by atoms with Crippen LogP contribution < -0.4 is 9.46 Å². The maximum absolute atomic E-state index is 12.7. The van der Waals surface area contributed by atoms with Crippen molar-refractivity contribution in [2.45, 2.75) is 109 Å². The molecule has 4 fully saturated rings. The summed E-state index contributed by atoms with van der Waals surface area (Å²) in [5, 5.41) is 21.5. The van der Waals surface area contributed by atoms with Crippen molar-refractivity contribution in [1.29, 1.82) is 0 Å². The fourth-order valence-electron chi connectivity index (χ4n) is 9.56. The second kappa shape index (κ2) is 11.3.